The Bertz CT molecular complexity index is 1160. The summed E-state index contributed by atoms with van der Waals surface area (Å²) >= 11 is 0. The molecule has 0 radical (unpaired) electrons. The van der Waals surface area contributed by atoms with Gasteiger partial charge >= 0.3 is 34.9 Å². The van der Waals surface area contributed by atoms with Crippen LogP contribution in [0.5, 0.6) is 0 Å². The van der Waals surface area contributed by atoms with Gasteiger partial charge in [-0.15, -0.1) is 0 Å². The summed E-state index contributed by atoms with van der Waals surface area (Å²) < 4.78 is 78.0. The summed E-state index contributed by atoms with van der Waals surface area (Å²) in [7, 11) is -12.7. The molecule has 0 aliphatic rings. The van der Waals surface area contributed by atoms with Gasteiger partial charge in [-0.25, -0.2) is 0 Å². The van der Waals surface area contributed by atoms with E-state index in [0.717, 1.165) is 0 Å². The number of rotatable bonds is 7. The average Bonchev–Trinajstić information content (AvgIpc) is 2.96. The van der Waals surface area contributed by atoms with E-state index in [1.54, 1.807) is 12.1 Å². The Balaban J connectivity index is 0. The summed E-state index contributed by atoms with van der Waals surface area (Å²) in [6.45, 7) is 2.86. The molecule has 0 fully saturated rings. The van der Waals surface area contributed by atoms with Gasteiger partial charge in [0, 0.05) is 13.8 Å². The van der Waals surface area contributed by atoms with Gasteiger partial charge in [0.1, 0.15) is 0 Å². The van der Waals surface area contributed by atoms with Gasteiger partial charge in [-0.2, -0.15) is 10.5 Å². The van der Waals surface area contributed by atoms with Crippen molar-refractivity contribution in [1.29, 1.82) is 10.5 Å². The molecule has 0 saturated heterocycles. The van der Waals surface area contributed by atoms with E-state index in [-0.39, 0.29) is 36.3 Å². The molecular weight excluding hydrogens is 730 g/mol. The largest absolute Gasteiger partial charge is 2.00 e. The smallest absolute Gasteiger partial charge is 0.418 e. The second-order valence-electron chi connectivity index (χ2n) is 8.08. The number of hydrogen-bond donors (Lipinski definition) is 0. The molecular formula is C30H30B2F8N2P2Pd. The molecule has 0 amide bonds. The molecule has 4 aromatic rings. The molecule has 0 aromatic heterocycles. The van der Waals surface area contributed by atoms with Gasteiger partial charge in [-0.05, 0) is 49.4 Å². The molecule has 0 bridgehead atoms. The van der Waals surface area contributed by atoms with Crippen LogP contribution >= 0.6 is 15.8 Å². The van der Waals surface area contributed by atoms with E-state index in [1.807, 2.05) is 0 Å². The van der Waals surface area contributed by atoms with Gasteiger partial charge in [-0.3, -0.25) is 0 Å². The fourth-order valence-electron chi connectivity index (χ4n) is 3.45. The normalized spacial score (nSPS) is 9.91. The predicted molar refractivity (Wildman–Crippen MR) is 171 cm³/mol. The minimum Gasteiger partial charge on any atom is -0.418 e. The Morgan fingerprint density at radius 2 is 0.578 bits per heavy atom. The third kappa shape index (κ3) is 24.9. The van der Waals surface area contributed by atoms with E-state index in [0.29, 0.717) is 0 Å². The van der Waals surface area contributed by atoms with E-state index in [1.165, 1.54) is 47.4 Å². The van der Waals surface area contributed by atoms with E-state index < -0.39 is 14.5 Å². The van der Waals surface area contributed by atoms with Crippen LogP contribution in [0.15, 0.2) is 121 Å². The van der Waals surface area contributed by atoms with Crippen LogP contribution in [-0.4, -0.2) is 26.8 Å². The van der Waals surface area contributed by atoms with Crippen LogP contribution < -0.4 is 21.2 Å². The summed E-state index contributed by atoms with van der Waals surface area (Å²) in [4.78, 5) is 0. The molecule has 0 aliphatic carbocycles. The van der Waals surface area contributed by atoms with Gasteiger partial charge in [0.2, 0.25) is 0 Å². The van der Waals surface area contributed by atoms with Crippen LogP contribution in [-0.2, 0) is 20.4 Å². The van der Waals surface area contributed by atoms with Crippen molar-refractivity contribution >= 4 is 51.6 Å². The Morgan fingerprint density at radius 1 is 0.444 bits per heavy atom. The van der Waals surface area contributed by atoms with E-state index in [4.69, 9.17) is 10.5 Å². The summed E-state index contributed by atoms with van der Waals surface area (Å²) in [5.74, 6) is 0. The zero-order valence-corrected chi connectivity index (χ0v) is 27.6. The van der Waals surface area contributed by atoms with E-state index in [9.17, 15) is 34.5 Å². The fourth-order valence-corrected chi connectivity index (χ4v) is 8.80. The minimum atomic E-state index is -6.00. The fraction of sp³-hybridized carbons (Fsp3) is 0.133. The first-order chi connectivity index (χ1) is 20.7. The first-order valence-electron chi connectivity index (χ1n) is 12.9. The first-order valence-corrected chi connectivity index (χ1v) is 15.9. The van der Waals surface area contributed by atoms with Crippen molar-refractivity contribution in [2.75, 3.05) is 12.3 Å². The average molecular weight is 761 g/mol. The van der Waals surface area contributed by atoms with Crippen LogP contribution in [0.4, 0.5) is 34.5 Å². The molecule has 0 saturated carbocycles. The number of nitriles is 2. The summed E-state index contributed by atoms with van der Waals surface area (Å²) in [6.07, 6.45) is 2.41. The molecule has 2 nitrogen and oxygen atoms in total. The van der Waals surface area contributed by atoms with Gasteiger partial charge in [0.25, 0.3) is 0 Å². The van der Waals surface area contributed by atoms with Gasteiger partial charge in [0.15, 0.2) is 0 Å². The maximum absolute atomic E-state index is 9.75. The topological polar surface area (TPSA) is 47.6 Å². The minimum absolute atomic E-state index is 0. The molecule has 0 aliphatic heterocycles. The second kappa shape index (κ2) is 25.2. The molecule has 4 rings (SSSR count). The Hall–Kier alpha value is -3.05. The van der Waals surface area contributed by atoms with Crippen molar-refractivity contribution in [3.8, 4) is 12.1 Å². The second-order valence-corrected chi connectivity index (χ2v) is 12.8. The first kappa shape index (κ1) is 44.1. The van der Waals surface area contributed by atoms with E-state index in [2.05, 4.69) is 121 Å². The number of benzene rings is 4. The zero-order chi connectivity index (χ0) is 33.4. The quantitative estimate of drug-likeness (QED) is 0.107. The van der Waals surface area contributed by atoms with Crippen molar-refractivity contribution in [2.45, 2.75) is 13.8 Å². The van der Waals surface area contributed by atoms with Crippen molar-refractivity contribution in [3.63, 3.8) is 0 Å². The van der Waals surface area contributed by atoms with Gasteiger partial charge < -0.3 is 34.5 Å². The van der Waals surface area contributed by atoms with Gasteiger partial charge in [-0.1, -0.05) is 121 Å². The molecule has 45 heavy (non-hydrogen) atoms. The van der Waals surface area contributed by atoms with Crippen LogP contribution in [0.1, 0.15) is 13.8 Å². The monoisotopic (exact) mass is 760 g/mol. The van der Waals surface area contributed by atoms with Crippen LogP contribution in [0, 0.1) is 22.7 Å². The third-order valence-corrected chi connectivity index (χ3v) is 10.2. The van der Waals surface area contributed by atoms with Crippen LogP contribution in [0.2, 0.25) is 0 Å². The molecule has 0 unspecified atom stereocenters. The molecule has 0 atom stereocenters. The number of halogens is 8. The molecule has 4 aromatic carbocycles. The molecule has 242 valence electrons. The summed E-state index contributed by atoms with van der Waals surface area (Å²) in [5.41, 5.74) is 0. The van der Waals surface area contributed by atoms with Gasteiger partial charge in [0.05, 0.1) is 12.1 Å². The Morgan fingerprint density at radius 3 is 0.711 bits per heavy atom. The van der Waals surface area contributed by atoms with Crippen molar-refractivity contribution < 1.29 is 54.9 Å². The molecule has 0 heterocycles. The van der Waals surface area contributed by atoms with Crippen molar-refractivity contribution in [2.24, 2.45) is 0 Å². The van der Waals surface area contributed by atoms with E-state index >= 15 is 0 Å². The number of hydrogen-bond acceptors (Lipinski definition) is 2. The van der Waals surface area contributed by atoms with Crippen LogP contribution in [0.25, 0.3) is 0 Å². The standard InChI is InChI=1S/C26H24P2.2C2H3N.2BF4.Pd/c1-5-13-23(14-6-1)27(24-15-7-2-8-16-24)21-22-28(25-17-9-3-10-18-25)26-19-11-4-12-20-26;2*1-2-3;2*2-1(3,4)5;/h1-20H,21-22H2;2*1H3;;;/q;;;2*-1;+2. The summed E-state index contributed by atoms with van der Waals surface area (Å²) in [5, 5.41) is 20.5. The molecule has 0 spiro atoms. The summed E-state index contributed by atoms with van der Waals surface area (Å²) in [6, 6.07) is 47.7. The molecule has 0 N–H and O–H groups in total. The zero-order valence-electron chi connectivity index (χ0n) is 24.2. The maximum atomic E-state index is 9.75. The van der Waals surface area contributed by atoms with Crippen molar-refractivity contribution in [3.05, 3.63) is 121 Å². The van der Waals surface area contributed by atoms with Crippen molar-refractivity contribution in [1.82, 2.24) is 0 Å². The Labute approximate surface area is 275 Å². The SMILES string of the molecule is CC#N.CC#N.F[B-](F)(F)F.F[B-](F)(F)F.[Pd+2].c1ccc(P(CCP(c2ccccc2)c2ccccc2)c2ccccc2)cc1. The molecule has 15 heteroatoms. The van der Waals surface area contributed by atoms with Crippen LogP contribution in [0.3, 0.4) is 0 Å². The number of nitrogens with zero attached hydrogens (tertiary/aromatic N) is 2. The maximum Gasteiger partial charge on any atom is 2.00 e. The predicted octanol–water partition coefficient (Wildman–Crippen LogP) is 8.91. The third-order valence-electron chi connectivity index (χ3n) is 4.82. The Kier molecular flexibility index (Phi) is 24.7.